The van der Waals surface area contributed by atoms with Gasteiger partial charge in [0.25, 0.3) is 0 Å². The van der Waals surface area contributed by atoms with Crippen LogP contribution in [0, 0.1) is 0 Å². The minimum absolute atomic E-state index is 0.629. The lowest BCUT2D eigenvalue weighted by Gasteiger charge is -2.26. The highest BCUT2D eigenvalue weighted by Gasteiger charge is 2.09. The lowest BCUT2D eigenvalue weighted by Crippen LogP contribution is -2.44. The van der Waals surface area contributed by atoms with Crippen molar-refractivity contribution in [3.05, 3.63) is 24.3 Å². The van der Waals surface area contributed by atoms with E-state index in [4.69, 9.17) is 14.2 Å². The summed E-state index contributed by atoms with van der Waals surface area (Å²) in [5.41, 5.74) is 0. The molecule has 0 saturated carbocycles. The standard InChI is InChI=1S/C19H32N4O3/c1-3-20-19(22-9-10-23-11-14-25-15-12-23)21-8-5-13-26-18-7-4-6-17(16-18)24-2/h4,6-7,16H,3,5,8-15H2,1-2H3,(H2,20,21,22). The van der Waals surface area contributed by atoms with Gasteiger partial charge in [-0.15, -0.1) is 0 Å². The van der Waals surface area contributed by atoms with E-state index in [1.54, 1.807) is 7.11 Å². The van der Waals surface area contributed by atoms with Gasteiger partial charge in [-0.3, -0.25) is 9.89 Å². The quantitative estimate of drug-likeness (QED) is 0.371. The summed E-state index contributed by atoms with van der Waals surface area (Å²) in [6.45, 7) is 9.85. The zero-order chi connectivity index (χ0) is 18.5. The molecule has 7 heteroatoms. The Bertz CT molecular complexity index is 533. The second-order valence-electron chi connectivity index (χ2n) is 6.02. The molecule has 1 aliphatic rings. The lowest BCUT2D eigenvalue weighted by atomic mass is 10.3. The molecule has 0 radical (unpaired) electrons. The summed E-state index contributed by atoms with van der Waals surface area (Å²) in [6.07, 6.45) is 0.858. The zero-order valence-corrected chi connectivity index (χ0v) is 16.0. The molecule has 0 amide bonds. The van der Waals surface area contributed by atoms with Gasteiger partial charge in [0.05, 0.1) is 26.9 Å². The van der Waals surface area contributed by atoms with Crippen LogP contribution in [-0.2, 0) is 4.74 Å². The van der Waals surface area contributed by atoms with Crippen molar-refractivity contribution in [1.82, 2.24) is 15.5 Å². The number of benzene rings is 1. The van der Waals surface area contributed by atoms with Crippen molar-refractivity contribution >= 4 is 5.96 Å². The molecule has 0 aliphatic carbocycles. The minimum atomic E-state index is 0.629. The maximum Gasteiger partial charge on any atom is 0.191 e. The summed E-state index contributed by atoms with van der Waals surface area (Å²) in [7, 11) is 1.65. The number of hydrogen-bond acceptors (Lipinski definition) is 5. The number of nitrogens with zero attached hydrogens (tertiary/aromatic N) is 2. The van der Waals surface area contributed by atoms with E-state index < -0.39 is 0 Å². The van der Waals surface area contributed by atoms with Crippen LogP contribution in [0.25, 0.3) is 0 Å². The van der Waals surface area contributed by atoms with Gasteiger partial charge in [0.1, 0.15) is 11.5 Å². The van der Waals surface area contributed by atoms with Crippen LogP contribution < -0.4 is 20.1 Å². The molecule has 2 rings (SSSR count). The molecule has 7 nitrogen and oxygen atoms in total. The fourth-order valence-electron chi connectivity index (χ4n) is 2.64. The average Bonchev–Trinajstić information content (AvgIpc) is 2.68. The highest BCUT2D eigenvalue weighted by molar-refractivity contribution is 5.79. The zero-order valence-electron chi connectivity index (χ0n) is 16.0. The number of guanidine groups is 1. The van der Waals surface area contributed by atoms with Crippen molar-refractivity contribution in [2.24, 2.45) is 4.99 Å². The normalized spacial score (nSPS) is 15.5. The molecule has 0 bridgehead atoms. The summed E-state index contributed by atoms with van der Waals surface area (Å²) in [5.74, 6) is 2.49. The topological polar surface area (TPSA) is 67.4 Å². The molecular weight excluding hydrogens is 332 g/mol. The van der Waals surface area contributed by atoms with Crippen molar-refractivity contribution in [3.8, 4) is 11.5 Å². The van der Waals surface area contributed by atoms with E-state index in [1.807, 2.05) is 24.3 Å². The highest BCUT2D eigenvalue weighted by Crippen LogP contribution is 2.18. The molecule has 146 valence electrons. The number of nitrogens with one attached hydrogen (secondary N) is 2. The molecular formula is C19H32N4O3. The van der Waals surface area contributed by atoms with Crippen molar-refractivity contribution in [2.75, 3.05) is 66.2 Å². The smallest absolute Gasteiger partial charge is 0.191 e. The van der Waals surface area contributed by atoms with Crippen molar-refractivity contribution in [3.63, 3.8) is 0 Å². The van der Waals surface area contributed by atoms with Crippen LogP contribution in [0.15, 0.2) is 29.3 Å². The van der Waals surface area contributed by atoms with E-state index in [0.717, 1.165) is 76.4 Å². The molecule has 0 unspecified atom stereocenters. The highest BCUT2D eigenvalue weighted by atomic mass is 16.5. The maximum absolute atomic E-state index is 5.74. The van der Waals surface area contributed by atoms with Crippen LogP contribution >= 0.6 is 0 Å². The third kappa shape index (κ3) is 7.93. The molecule has 1 heterocycles. The molecule has 1 aromatic carbocycles. The van der Waals surface area contributed by atoms with Gasteiger partial charge in [0.15, 0.2) is 5.96 Å². The van der Waals surface area contributed by atoms with E-state index in [1.165, 1.54) is 0 Å². The van der Waals surface area contributed by atoms with E-state index in [-0.39, 0.29) is 0 Å². The first-order chi connectivity index (χ1) is 12.8. The molecule has 0 spiro atoms. The summed E-state index contributed by atoms with van der Waals surface area (Å²) < 4.78 is 16.3. The average molecular weight is 364 g/mol. The van der Waals surface area contributed by atoms with E-state index >= 15 is 0 Å². The van der Waals surface area contributed by atoms with E-state index in [0.29, 0.717) is 6.61 Å². The number of hydrogen-bond donors (Lipinski definition) is 2. The van der Waals surface area contributed by atoms with Crippen molar-refractivity contribution in [1.29, 1.82) is 0 Å². The molecule has 1 fully saturated rings. The Balaban J connectivity index is 1.63. The SMILES string of the molecule is CCNC(=NCCCOc1cccc(OC)c1)NCCN1CCOCC1. The van der Waals surface area contributed by atoms with Gasteiger partial charge in [-0.2, -0.15) is 0 Å². The predicted molar refractivity (Wildman–Crippen MR) is 104 cm³/mol. The van der Waals surface area contributed by atoms with Crippen molar-refractivity contribution in [2.45, 2.75) is 13.3 Å². The molecule has 0 aromatic heterocycles. The largest absolute Gasteiger partial charge is 0.497 e. The lowest BCUT2D eigenvalue weighted by molar-refractivity contribution is 0.0389. The second kappa shape index (κ2) is 12.4. The number of methoxy groups -OCH3 is 1. The number of aliphatic imine (C=N–C) groups is 1. The third-order valence-electron chi connectivity index (χ3n) is 4.05. The molecule has 1 aromatic rings. The number of morpholine rings is 1. The molecule has 1 saturated heterocycles. The van der Waals surface area contributed by atoms with Crippen LogP contribution in [0.3, 0.4) is 0 Å². The second-order valence-corrected chi connectivity index (χ2v) is 6.02. The van der Waals surface area contributed by atoms with Gasteiger partial charge < -0.3 is 24.8 Å². The monoisotopic (exact) mass is 364 g/mol. The van der Waals surface area contributed by atoms with E-state index in [2.05, 4.69) is 27.4 Å². The summed E-state index contributed by atoms with van der Waals surface area (Å²) in [5, 5.41) is 6.67. The van der Waals surface area contributed by atoms with E-state index in [9.17, 15) is 0 Å². The molecule has 2 N–H and O–H groups in total. The Hall–Kier alpha value is -1.99. The molecule has 26 heavy (non-hydrogen) atoms. The van der Waals surface area contributed by atoms with Crippen LogP contribution in [0.5, 0.6) is 11.5 Å². The van der Waals surface area contributed by atoms with Crippen LogP contribution in [-0.4, -0.2) is 77.1 Å². The van der Waals surface area contributed by atoms with Gasteiger partial charge in [-0.1, -0.05) is 6.07 Å². The first-order valence-corrected chi connectivity index (χ1v) is 9.41. The van der Waals surface area contributed by atoms with Crippen LogP contribution in [0.2, 0.25) is 0 Å². The maximum atomic E-state index is 5.74. The fourth-order valence-corrected chi connectivity index (χ4v) is 2.64. The number of ether oxygens (including phenoxy) is 3. The summed E-state index contributed by atoms with van der Waals surface area (Å²) >= 11 is 0. The van der Waals surface area contributed by atoms with Gasteiger partial charge in [0.2, 0.25) is 0 Å². The third-order valence-corrected chi connectivity index (χ3v) is 4.05. The number of rotatable bonds is 10. The molecule has 0 atom stereocenters. The summed E-state index contributed by atoms with van der Waals surface area (Å²) in [4.78, 5) is 7.01. The Morgan fingerprint density at radius 3 is 2.81 bits per heavy atom. The van der Waals surface area contributed by atoms with Crippen LogP contribution in [0.4, 0.5) is 0 Å². The predicted octanol–water partition coefficient (Wildman–Crippen LogP) is 1.35. The molecule has 1 aliphatic heterocycles. The first kappa shape index (κ1) is 20.3. The first-order valence-electron chi connectivity index (χ1n) is 9.41. The van der Waals surface area contributed by atoms with Gasteiger partial charge in [-0.25, -0.2) is 0 Å². The van der Waals surface area contributed by atoms with Gasteiger partial charge >= 0.3 is 0 Å². The Morgan fingerprint density at radius 1 is 1.23 bits per heavy atom. The van der Waals surface area contributed by atoms with Gasteiger partial charge in [-0.05, 0) is 19.1 Å². The Kier molecular flexibility index (Phi) is 9.67. The minimum Gasteiger partial charge on any atom is -0.497 e. The van der Waals surface area contributed by atoms with Crippen molar-refractivity contribution < 1.29 is 14.2 Å². The Morgan fingerprint density at radius 2 is 2.04 bits per heavy atom. The fraction of sp³-hybridized carbons (Fsp3) is 0.632. The Labute approximate surface area is 156 Å². The van der Waals surface area contributed by atoms with Crippen LogP contribution in [0.1, 0.15) is 13.3 Å². The summed E-state index contributed by atoms with van der Waals surface area (Å²) in [6, 6.07) is 7.65. The van der Waals surface area contributed by atoms with Gasteiger partial charge in [0, 0.05) is 51.8 Å².